The van der Waals surface area contributed by atoms with Crippen molar-refractivity contribution < 1.29 is 0 Å². The summed E-state index contributed by atoms with van der Waals surface area (Å²) >= 11 is 0. The van der Waals surface area contributed by atoms with E-state index in [1.165, 1.54) is 0 Å². The van der Waals surface area contributed by atoms with E-state index in [1.54, 1.807) is 0 Å². The fourth-order valence-corrected chi connectivity index (χ4v) is 1.59. The SMILES string of the molecule is CC(C)(C)Cc1nc(-c2ccccc2)n[nH]1. The van der Waals surface area contributed by atoms with Crippen LogP contribution in [0.4, 0.5) is 0 Å². The minimum Gasteiger partial charge on any atom is -0.263 e. The molecule has 0 saturated heterocycles. The Morgan fingerprint density at radius 3 is 2.44 bits per heavy atom. The molecule has 0 bridgehead atoms. The fourth-order valence-electron chi connectivity index (χ4n) is 1.59. The summed E-state index contributed by atoms with van der Waals surface area (Å²) in [6, 6.07) is 10.0. The predicted molar refractivity (Wildman–Crippen MR) is 65.0 cm³/mol. The van der Waals surface area contributed by atoms with Crippen LogP contribution in [0.25, 0.3) is 11.4 Å². The molecule has 16 heavy (non-hydrogen) atoms. The topological polar surface area (TPSA) is 41.6 Å². The van der Waals surface area contributed by atoms with E-state index in [0.29, 0.717) is 0 Å². The van der Waals surface area contributed by atoms with Gasteiger partial charge >= 0.3 is 0 Å². The molecule has 0 amide bonds. The number of nitrogens with one attached hydrogen (secondary N) is 1. The zero-order valence-electron chi connectivity index (χ0n) is 9.99. The van der Waals surface area contributed by atoms with Crippen LogP contribution >= 0.6 is 0 Å². The zero-order chi connectivity index (χ0) is 11.6. The molecule has 0 spiro atoms. The maximum atomic E-state index is 4.50. The van der Waals surface area contributed by atoms with E-state index >= 15 is 0 Å². The van der Waals surface area contributed by atoms with Crippen LogP contribution in [0.1, 0.15) is 26.6 Å². The van der Waals surface area contributed by atoms with Crippen LogP contribution in [0.5, 0.6) is 0 Å². The quantitative estimate of drug-likeness (QED) is 0.836. The van der Waals surface area contributed by atoms with E-state index in [4.69, 9.17) is 0 Å². The molecule has 0 aliphatic rings. The minimum atomic E-state index is 0.230. The first-order chi connectivity index (χ1) is 7.54. The van der Waals surface area contributed by atoms with Crippen LogP contribution < -0.4 is 0 Å². The number of hydrogen-bond donors (Lipinski definition) is 1. The normalized spacial score (nSPS) is 11.7. The first-order valence-corrected chi connectivity index (χ1v) is 5.51. The molecule has 1 heterocycles. The standard InChI is InChI=1S/C13H17N3/c1-13(2,3)9-11-14-12(16-15-11)10-7-5-4-6-8-10/h4-8H,9H2,1-3H3,(H,14,15,16). The Hall–Kier alpha value is -1.64. The molecule has 2 aromatic rings. The predicted octanol–water partition coefficient (Wildman–Crippen LogP) is 3.06. The second-order valence-corrected chi connectivity index (χ2v) is 5.21. The van der Waals surface area contributed by atoms with Crippen molar-refractivity contribution in [3.8, 4) is 11.4 Å². The second kappa shape index (κ2) is 4.08. The van der Waals surface area contributed by atoms with E-state index in [1.807, 2.05) is 30.3 Å². The highest BCUT2D eigenvalue weighted by Crippen LogP contribution is 2.20. The summed E-state index contributed by atoms with van der Waals surface area (Å²) in [5.74, 6) is 1.73. The molecule has 3 heteroatoms. The van der Waals surface area contributed by atoms with Crippen LogP contribution in [-0.4, -0.2) is 15.2 Å². The minimum absolute atomic E-state index is 0.230. The van der Waals surface area contributed by atoms with Gasteiger partial charge in [0.15, 0.2) is 5.82 Å². The molecular weight excluding hydrogens is 198 g/mol. The average Bonchev–Trinajstić information content (AvgIpc) is 2.65. The molecule has 0 saturated carbocycles. The van der Waals surface area contributed by atoms with Gasteiger partial charge in [-0.15, -0.1) is 0 Å². The highest BCUT2D eigenvalue weighted by molar-refractivity contribution is 5.53. The molecular formula is C13H17N3. The Balaban J connectivity index is 2.21. The van der Waals surface area contributed by atoms with Gasteiger partial charge in [0.25, 0.3) is 0 Å². The van der Waals surface area contributed by atoms with Gasteiger partial charge in [0.1, 0.15) is 5.82 Å². The Morgan fingerprint density at radius 2 is 1.81 bits per heavy atom. The molecule has 0 aliphatic heterocycles. The highest BCUT2D eigenvalue weighted by atomic mass is 15.2. The summed E-state index contributed by atoms with van der Waals surface area (Å²) in [7, 11) is 0. The second-order valence-electron chi connectivity index (χ2n) is 5.21. The van der Waals surface area contributed by atoms with E-state index < -0.39 is 0 Å². The smallest absolute Gasteiger partial charge is 0.181 e. The Morgan fingerprint density at radius 1 is 1.12 bits per heavy atom. The van der Waals surface area contributed by atoms with E-state index in [-0.39, 0.29) is 5.41 Å². The summed E-state index contributed by atoms with van der Waals surface area (Å²) in [4.78, 5) is 4.50. The first kappa shape index (κ1) is 10.9. The zero-order valence-corrected chi connectivity index (χ0v) is 9.99. The fraction of sp³-hybridized carbons (Fsp3) is 0.385. The molecule has 3 nitrogen and oxygen atoms in total. The van der Waals surface area contributed by atoms with Gasteiger partial charge in [0, 0.05) is 12.0 Å². The Kier molecular flexibility index (Phi) is 2.77. The Bertz CT molecular complexity index is 452. The van der Waals surface area contributed by atoms with Crippen LogP contribution in [0.2, 0.25) is 0 Å². The average molecular weight is 215 g/mol. The van der Waals surface area contributed by atoms with Crippen molar-refractivity contribution in [1.82, 2.24) is 15.2 Å². The van der Waals surface area contributed by atoms with Crippen molar-refractivity contribution in [3.63, 3.8) is 0 Å². The van der Waals surface area contributed by atoms with Gasteiger partial charge < -0.3 is 0 Å². The number of hydrogen-bond acceptors (Lipinski definition) is 2. The third-order valence-corrected chi connectivity index (χ3v) is 2.26. The van der Waals surface area contributed by atoms with Gasteiger partial charge in [-0.2, -0.15) is 5.10 Å². The first-order valence-electron chi connectivity index (χ1n) is 5.51. The number of nitrogens with zero attached hydrogens (tertiary/aromatic N) is 2. The largest absolute Gasteiger partial charge is 0.263 e. The van der Waals surface area contributed by atoms with Crippen LogP contribution in [-0.2, 0) is 6.42 Å². The van der Waals surface area contributed by atoms with Gasteiger partial charge in [-0.25, -0.2) is 4.98 Å². The number of H-pyrrole nitrogens is 1. The van der Waals surface area contributed by atoms with Gasteiger partial charge in [0.2, 0.25) is 0 Å². The third kappa shape index (κ3) is 2.69. The molecule has 84 valence electrons. The van der Waals surface area contributed by atoms with Crippen molar-refractivity contribution in [2.24, 2.45) is 5.41 Å². The van der Waals surface area contributed by atoms with E-state index in [0.717, 1.165) is 23.6 Å². The van der Waals surface area contributed by atoms with Gasteiger partial charge in [-0.05, 0) is 5.41 Å². The lowest BCUT2D eigenvalue weighted by atomic mass is 9.92. The molecule has 1 aromatic heterocycles. The van der Waals surface area contributed by atoms with E-state index in [9.17, 15) is 0 Å². The lowest BCUT2D eigenvalue weighted by Crippen LogP contribution is -2.10. The lowest BCUT2D eigenvalue weighted by molar-refractivity contribution is 0.401. The maximum absolute atomic E-state index is 4.50. The summed E-state index contributed by atoms with van der Waals surface area (Å²) in [5.41, 5.74) is 1.28. The summed E-state index contributed by atoms with van der Waals surface area (Å²) in [5, 5.41) is 7.23. The number of aromatic amines is 1. The summed E-state index contributed by atoms with van der Waals surface area (Å²) in [6.45, 7) is 6.58. The molecule has 0 atom stereocenters. The lowest BCUT2D eigenvalue weighted by Gasteiger charge is -2.15. The molecule has 1 aromatic carbocycles. The molecule has 0 aliphatic carbocycles. The van der Waals surface area contributed by atoms with Gasteiger partial charge in [-0.1, -0.05) is 51.1 Å². The van der Waals surface area contributed by atoms with Crippen LogP contribution in [0.15, 0.2) is 30.3 Å². The molecule has 0 unspecified atom stereocenters. The van der Waals surface area contributed by atoms with Gasteiger partial charge in [-0.3, -0.25) is 5.10 Å². The van der Waals surface area contributed by atoms with Crippen LogP contribution in [0, 0.1) is 5.41 Å². The van der Waals surface area contributed by atoms with Crippen molar-refractivity contribution in [2.75, 3.05) is 0 Å². The Labute approximate surface area is 95.9 Å². The maximum Gasteiger partial charge on any atom is 0.181 e. The molecule has 0 fully saturated rings. The van der Waals surface area contributed by atoms with Crippen LogP contribution in [0.3, 0.4) is 0 Å². The summed E-state index contributed by atoms with van der Waals surface area (Å²) in [6.07, 6.45) is 0.910. The van der Waals surface area contributed by atoms with E-state index in [2.05, 4.69) is 36.0 Å². The highest BCUT2D eigenvalue weighted by Gasteiger charge is 2.14. The number of aromatic nitrogens is 3. The number of rotatable bonds is 2. The molecule has 0 radical (unpaired) electrons. The van der Waals surface area contributed by atoms with Crippen molar-refractivity contribution in [2.45, 2.75) is 27.2 Å². The summed E-state index contributed by atoms with van der Waals surface area (Å²) < 4.78 is 0. The monoisotopic (exact) mass is 215 g/mol. The molecule has 2 rings (SSSR count). The van der Waals surface area contributed by atoms with Gasteiger partial charge in [0.05, 0.1) is 0 Å². The van der Waals surface area contributed by atoms with Crippen molar-refractivity contribution in [3.05, 3.63) is 36.2 Å². The third-order valence-electron chi connectivity index (χ3n) is 2.26. The molecule has 1 N–H and O–H groups in total. The van der Waals surface area contributed by atoms with Crippen molar-refractivity contribution in [1.29, 1.82) is 0 Å². The number of benzene rings is 1. The van der Waals surface area contributed by atoms with Crippen molar-refractivity contribution >= 4 is 0 Å².